The Kier molecular flexibility index (Phi) is 4.43. The average Bonchev–Trinajstić information content (AvgIpc) is 3.04. The molecular formula is C29H29N5O2. The van der Waals surface area contributed by atoms with Gasteiger partial charge < -0.3 is 15.0 Å². The van der Waals surface area contributed by atoms with Gasteiger partial charge >= 0.3 is 0 Å². The molecule has 4 aromatic rings. The highest BCUT2D eigenvalue weighted by Gasteiger charge is 2.80. The van der Waals surface area contributed by atoms with Crippen LogP contribution in [0.25, 0.3) is 22.2 Å². The third-order valence-corrected chi connectivity index (χ3v) is 8.68. The van der Waals surface area contributed by atoms with Crippen molar-refractivity contribution in [3.05, 3.63) is 71.5 Å². The minimum absolute atomic E-state index is 0.0420. The lowest BCUT2D eigenvalue weighted by Gasteiger charge is -2.42. The first-order valence-electron chi connectivity index (χ1n) is 12.5. The molecule has 3 aliphatic rings. The SMILES string of the molecule is Cc1cc(-c2cc(Oc3ccc4c(C)nn(C)c4c3)ccn2)ccc1C(=O)N[C@@]12C[C@@H]3C1[C@H]2CN3C. The van der Waals surface area contributed by atoms with Crippen LogP contribution in [0.2, 0.25) is 0 Å². The van der Waals surface area contributed by atoms with Crippen LogP contribution in [0.3, 0.4) is 0 Å². The van der Waals surface area contributed by atoms with Crippen molar-refractivity contribution < 1.29 is 9.53 Å². The van der Waals surface area contributed by atoms with Gasteiger partial charge in [0, 0.05) is 66.3 Å². The summed E-state index contributed by atoms with van der Waals surface area (Å²) >= 11 is 0. The Bertz CT molecular complexity index is 1550. The lowest BCUT2D eigenvalue weighted by Crippen LogP contribution is -2.57. The van der Waals surface area contributed by atoms with Gasteiger partial charge in [-0.05, 0) is 63.2 Å². The number of nitrogens with zero attached hydrogens (tertiary/aromatic N) is 4. The monoisotopic (exact) mass is 479 g/mol. The molecule has 1 aliphatic heterocycles. The summed E-state index contributed by atoms with van der Waals surface area (Å²) in [6.07, 6.45) is 2.84. The average molecular weight is 480 g/mol. The van der Waals surface area contributed by atoms with Gasteiger partial charge in [-0.15, -0.1) is 0 Å². The van der Waals surface area contributed by atoms with Gasteiger partial charge in [0.05, 0.1) is 22.4 Å². The summed E-state index contributed by atoms with van der Waals surface area (Å²) in [5.74, 6) is 2.78. The fraction of sp³-hybridized carbons (Fsp3) is 0.345. The molecule has 4 atom stereocenters. The number of hydrogen-bond acceptors (Lipinski definition) is 5. The number of carbonyl (C=O) groups excluding carboxylic acids is 1. The maximum Gasteiger partial charge on any atom is 0.251 e. The summed E-state index contributed by atoms with van der Waals surface area (Å²) in [6.45, 7) is 5.10. The zero-order chi connectivity index (χ0) is 24.8. The number of carbonyl (C=O) groups is 1. The van der Waals surface area contributed by atoms with E-state index in [1.165, 1.54) is 0 Å². The van der Waals surface area contributed by atoms with Crippen LogP contribution >= 0.6 is 0 Å². The summed E-state index contributed by atoms with van der Waals surface area (Å²) in [6, 6.07) is 16.4. The number of pyridine rings is 1. The molecule has 0 radical (unpaired) electrons. The van der Waals surface area contributed by atoms with Crippen LogP contribution < -0.4 is 10.1 Å². The number of fused-ring (bicyclic) bond motifs is 2. The number of hydrogen-bond donors (Lipinski definition) is 1. The third kappa shape index (κ3) is 3.05. The molecule has 7 rings (SSSR count). The van der Waals surface area contributed by atoms with Gasteiger partial charge in [-0.2, -0.15) is 5.10 Å². The van der Waals surface area contributed by atoms with Crippen molar-refractivity contribution in [3.8, 4) is 22.8 Å². The molecule has 1 saturated heterocycles. The fourth-order valence-electron chi connectivity index (χ4n) is 6.75. The molecule has 0 spiro atoms. The minimum atomic E-state index is 0.0420. The number of piperidine rings is 2. The second-order valence-electron chi connectivity index (χ2n) is 10.7. The Morgan fingerprint density at radius 2 is 1.92 bits per heavy atom. The second kappa shape index (κ2) is 7.40. The number of likely N-dealkylation sites (tertiary alicyclic amines) is 1. The highest BCUT2D eigenvalue weighted by molar-refractivity contribution is 5.97. The summed E-state index contributed by atoms with van der Waals surface area (Å²) in [4.78, 5) is 20.1. The minimum Gasteiger partial charge on any atom is -0.457 e. The second-order valence-corrected chi connectivity index (χ2v) is 10.7. The van der Waals surface area contributed by atoms with Crippen LogP contribution in [0.1, 0.15) is 28.0 Å². The Labute approximate surface area is 210 Å². The number of ether oxygens (including phenoxy) is 1. The quantitative estimate of drug-likeness (QED) is 0.457. The number of rotatable bonds is 5. The molecule has 2 aromatic carbocycles. The normalized spacial score (nSPS) is 25.9. The predicted molar refractivity (Wildman–Crippen MR) is 138 cm³/mol. The molecule has 1 N–H and O–H groups in total. The van der Waals surface area contributed by atoms with Crippen LogP contribution in [0, 0.1) is 25.7 Å². The standard InChI is InChI=1S/C29H29N5O2/c1-16-11-18(5-7-21(16)28(35)31-29-14-26-27(29)23(29)15-33(26)3)24-12-20(9-10-30-24)36-19-6-8-22-17(2)32-34(4)25(22)13-19/h5-13,23,26-27H,14-15H2,1-4H3,(H,31,35)/t23-,26-,27?,29-/m1/s1. The van der Waals surface area contributed by atoms with E-state index in [2.05, 4.69) is 27.3 Å². The van der Waals surface area contributed by atoms with Gasteiger partial charge in [-0.25, -0.2) is 0 Å². The Morgan fingerprint density at radius 3 is 2.67 bits per heavy atom. The molecule has 2 aliphatic carbocycles. The lowest BCUT2D eigenvalue weighted by molar-refractivity contribution is 0.0757. The predicted octanol–water partition coefficient (Wildman–Crippen LogP) is 4.48. The summed E-state index contributed by atoms with van der Waals surface area (Å²) in [7, 11) is 4.13. The molecule has 182 valence electrons. The molecule has 36 heavy (non-hydrogen) atoms. The Morgan fingerprint density at radius 1 is 1.08 bits per heavy atom. The van der Waals surface area contributed by atoms with Crippen LogP contribution in [-0.2, 0) is 7.05 Å². The number of aromatic nitrogens is 3. The summed E-state index contributed by atoms with van der Waals surface area (Å²) in [5, 5.41) is 8.98. The highest BCUT2D eigenvalue weighted by Crippen LogP contribution is 2.70. The largest absolute Gasteiger partial charge is 0.457 e. The van der Waals surface area contributed by atoms with Gasteiger partial charge in [0.2, 0.25) is 0 Å². The number of benzene rings is 2. The van der Waals surface area contributed by atoms with Crippen molar-refractivity contribution in [1.82, 2.24) is 25.0 Å². The summed E-state index contributed by atoms with van der Waals surface area (Å²) in [5.41, 5.74) is 5.54. The molecule has 3 fully saturated rings. The van der Waals surface area contributed by atoms with Crippen LogP contribution in [0.15, 0.2) is 54.7 Å². The molecule has 3 heterocycles. The van der Waals surface area contributed by atoms with Crippen molar-refractivity contribution in [2.45, 2.75) is 31.8 Å². The molecule has 1 amide bonds. The van der Waals surface area contributed by atoms with Crippen molar-refractivity contribution in [1.29, 1.82) is 0 Å². The first-order chi connectivity index (χ1) is 17.3. The van der Waals surface area contributed by atoms with Crippen molar-refractivity contribution in [3.63, 3.8) is 0 Å². The smallest absolute Gasteiger partial charge is 0.251 e. The third-order valence-electron chi connectivity index (χ3n) is 8.68. The van der Waals surface area contributed by atoms with E-state index in [1.54, 1.807) is 6.20 Å². The molecule has 0 bridgehead atoms. The molecule has 2 saturated carbocycles. The van der Waals surface area contributed by atoms with Gasteiger partial charge in [0.25, 0.3) is 5.91 Å². The molecule has 7 nitrogen and oxygen atoms in total. The van der Waals surface area contributed by atoms with Gasteiger partial charge in [0.15, 0.2) is 0 Å². The highest BCUT2D eigenvalue weighted by atomic mass is 16.5. The number of amides is 1. The van der Waals surface area contributed by atoms with E-state index in [0.717, 1.165) is 57.7 Å². The van der Waals surface area contributed by atoms with E-state index in [0.29, 0.717) is 23.6 Å². The van der Waals surface area contributed by atoms with Crippen molar-refractivity contribution in [2.24, 2.45) is 18.9 Å². The van der Waals surface area contributed by atoms with E-state index in [4.69, 9.17) is 4.74 Å². The molecule has 7 heteroatoms. The molecule has 2 aromatic heterocycles. The van der Waals surface area contributed by atoms with E-state index in [9.17, 15) is 4.79 Å². The van der Waals surface area contributed by atoms with Gasteiger partial charge in [-0.1, -0.05) is 6.07 Å². The topological polar surface area (TPSA) is 72.3 Å². The van der Waals surface area contributed by atoms with Crippen LogP contribution in [0.4, 0.5) is 0 Å². The van der Waals surface area contributed by atoms with Gasteiger partial charge in [0.1, 0.15) is 11.5 Å². The maximum atomic E-state index is 13.1. The van der Waals surface area contributed by atoms with Crippen molar-refractivity contribution >= 4 is 16.8 Å². The lowest BCUT2D eigenvalue weighted by atomic mass is 9.84. The Hall–Kier alpha value is -3.71. The molecule has 1 unspecified atom stereocenters. The maximum absolute atomic E-state index is 13.1. The summed E-state index contributed by atoms with van der Waals surface area (Å²) < 4.78 is 8.03. The molecular weight excluding hydrogens is 450 g/mol. The number of nitrogens with one attached hydrogen (secondary N) is 1. The Balaban J connectivity index is 1.09. The number of aryl methyl sites for hydroxylation is 3. The van der Waals surface area contributed by atoms with Crippen molar-refractivity contribution in [2.75, 3.05) is 13.6 Å². The fourth-order valence-corrected chi connectivity index (χ4v) is 6.75. The van der Waals surface area contributed by atoms with E-state index >= 15 is 0 Å². The van der Waals surface area contributed by atoms with E-state index in [-0.39, 0.29) is 11.4 Å². The van der Waals surface area contributed by atoms with E-state index < -0.39 is 0 Å². The zero-order valence-corrected chi connectivity index (χ0v) is 20.9. The van der Waals surface area contributed by atoms with Gasteiger partial charge in [-0.3, -0.25) is 14.5 Å². The van der Waals surface area contributed by atoms with Crippen LogP contribution in [0.5, 0.6) is 11.5 Å². The first-order valence-corrected chi connectivity index (χ1v) is 12.5. The first kappa shape index (κ1) is 21.6. The zero-order valence-electron chi connectivity index (χ0n) is 20.9. The van der Waals surface area contributed by atoms with Crippen LogP contribution in [-0.4, -0.2) is 50.7 Å². The van der Waals surface area contributed by atoms with E-state index in [1.807, 2.05) is 74.1 Å².